The Morgan fingerprint density at radius 3 is 2.65 bits per heavy atom. The van der Waals surface area contributed by atoms with Crippen molar-refractivity contribution in [1.29, 1.82) is 0 Å². The molecule has 1 aromatic carbocycles. The van der Waals surface area contributed by atoms with Crippen LogP contribution in [0.25, 0.3) is 10.8 Å². The molecule has 1 unspecified atom stereocenters. The topological polar surface area (TPSA) is 24.9 Å². The largest absolute Gasteiger partial charge is 0.368 e. The van der Waals surface area contributed by atoms with Gasteiger partial charge in [0, 0.05) is 28.0 Å². The molecule has 1 heterocycles. The second kappa shape index (κ2) is 7.28. The SMILES string of the molecule is CCC(CC)C(Cl)CNc1nccc2c(Br)cccc12. The molecule has 0 fully saturated rings. The summed E-state index contributed by atoms with van der Waals surface area (Å²) in [7, 11) is 0. The molecule has 0 radical (unpaired) electrons. The van der Waals surface area contributed by atoms with Gasteiger partial charge < -0.3 is 5.32 Å². The van der Waals surface area contributed by atoms with Crippen molar-refractivity contribution in [3.63, 3.8) is 0 Å². The summed E-state index contributed by atoms with van der Waals surface area (Å²) >= 11 is 10.1. The van der Waals surface area contributed by atoms with Gasteiger partial charge in [0.25, 0.3) is 0 Å². The summed E-state index contributed by atoms with van der Waals surface area (Å²) in [6.07, 6.45) is 4.05. The van der Waals surface area contributed by atoms with Crippen LogP contribution in [0.3, 0.4) is 0 Å². The summed E-state index contributed by atoms with van der Waals surface area (Å²) in [4.78, 5) is 4.44. The van der Waals surface area contributed by atoms with E-state index >= 15 is 0 Å². The molecule has 0 aliphatic carbocycles. The van der Waals surface area contributed by atoms with Crippen molar-refractivity contribution in [3.05, 3.63) is 34.9 Å². The summed E-state index contributed by atoms with van der Waals surface area (Å²) in [5.41, 5.74) is 0. The lowest BCUT2D eigenvalue weighted by Crippen LogP contribution is -2.23. The second-order valence-corrected chi connectivity index (χ2v) is 6.38. The Kier molecular flexibility index (Phi) is 5.67. The number of nitrogens with one attached hydrogen (secondary N) is 1. The van der Waals surface area contributed by atoms with Crippen LogP contribution in [0.1, 0.15) is 26.7 Å². The van der Waals surface area contributed by atoms with E-state index < -0.39 is 0 Å². The van der Waals surface area contributed by atoms with E-state index in [1.54, 1.807) is 0 Å². The number of nitrogens with zero attached hydrogens (tertiary/aromatic N) is 1. The number of benzene rings is 1. The van der Waals surface area contributed by atoms with Gasteiger partial charge >= 0.3 is 0 Å². The molecule has 0 bridgehead atoms. The van der Waals surface area contributed by atoms with Crippen LogP contribution in [0.5, 0.6) is 0 Å². The molecule has 20 heavy (non-hydrogen) atoms. The maximum absolute atomic E-state index is 6.48. The van der Waals surface area contributed by atoms with E-state index in [0.717, 1.165) is 35.1 Å². The summed E-state index contributed by atoms with van der Waals surface area (Å²) in [5, 5.41) is 5.82. The molecular weight excluding hydrogens is 336 g/mol. The van der Waals surface area contributed by atoms with Crippen LogP contribution in [0.15, 0.2) is 34.9 Å². The Labute approximate surface area is 134 Å². The minimum atomic E-state index is 0.134. The average molecular weight is 356 g/mol. The van der Waals surface area contributed by atoms with Crippen molar-refractivity contribution in [2.75, 3.05) is 11.9 Å². The first-order valence-corrected chi connectivity index (χ1v) is 8.31. The quantitative estimate of drug-likeness (QED) is 0.697. The van der Waals surface area contributed by atoms with Crippen molar-refractivity contribution >= 4 is 44.1 Å². The molecular formula is C16H20BrClN2. The van der Waals surface area contributed by atoms with E-state index in [4.69, 9.17) is 11.6 Å². The zero-order valence-corrected chi connectivity index (χ0v) is 14.2. The van der Waals surface area contributed by atoms with Crippen molar-refractivity contribution < 1.29 is 0 Å². The third-order valence-electron chi connectivity index (χ3n) is 3.78. The van der Waals surface area contributed by atoms with Gasteiger partial charge in [-0.25, -0.2) is 4.98 Å². The summed E-state index contributed by atoms with van der Waals surface area (Å²) in [6.45, 7) is 5.13. The van der Waals surface area contributed by atoms with Gasteiger partial charge in [-0.3, -0.25) is 0 Å². The summed E-state index contributed by atoms with van der Waals surface area (Å²) in [5.74, 6) is 1.45. The Bertz CT molecular complexity index is 569. The molecule has 108 valence electrons. The van der Waals surface area contributed by atoms with Crippen LogP contribution < -0.4 is 5.32 Å². The minimum Gasteiger partial charge on any atom is -0.368 e. The molecule has 0 spiro atoms. The van der Waals surface area contributed by atoms with Crippen molar-refractivity contribution in [1.82, 2.24) is 4.98 Å². The van der Waals surface area contributed by atoms with E-state index in [1.165, 1.54) is 5.39 Å². The van der Waals surface area contributed by atoms with Crippen LogP contribution in [0.4, 0.5) is 5.82 Å². The normalized spacial score (nSPS) is 12.8. The predicted molar refractivity (Wildman–Crippen MR) is 91.6 cm³/mol. The molecule has 1 aromatic heterocycles. The number of pyridine rings is 1. The lowest BCUT2D eigenvalue weighted by atomic mass is 9.99. The molecule has 0 amide bonds. The smallest absolute Gasteiger partial charge is 0.133 e. The highest BCUT2D eigenvalue weighted by molar-refractivity contribution is 9.10. The van der Waals surface area contributed by atoms with Crippen LogP contribution >= 0.6 is 27.5 Å². The van der Waals surface area contributed by atoms with E-state index in [-0.39, 0.29) is 5.38 Å². The van der Waals surface area contributed by atoms with Crippen LogP contribution in [0, 0.1) is 5.92 Å². The number of hydrogen-bond acceptors (Lipinski definition) is 2. The molecule has 1 N–H and O–H groups in total. The van der Waals surface area contributed by atoms with Crippen molar-refractivity contribution in [3.8, 4) is 0 Å². The molecule has 0 saturated carbocycles. The highest BCUT2D eigenvalue weighted by atomic mass is 79.9. The molecule has 2 rings (SSSR count). The summed E-state index contributed by atoms with van der Waals surface area (Å²) in [6, 6.07) is 8.17. The highest BCUT2D eigenvalue weighted by Crippen LogP contribution is 2.28. The molecule has 0 aliphatic heterocycles. The zero-order chi connectivity index (χ0) is 14.5. The maximum atomic E-state index is 6.48. The van der Waals surface area contributed by atoms with Gasteiger partial charge in [-0.05, 0) is 18.1 Å². The van der Waals surface area contributed by atoms with Crippen LogP contribution in [-0.4, -0.2) is 16.9 Å². The first-order chi connectivity index (χ1) is 9.67. The number of rotatable bonds is 6. The fourth-order valence-corrected chi connectivity index (χ4v) is 3.40. The van der Waals surface area contributed by atoms with Gasteiger partial charge in [-0.1, -0.05) is 54.8 Å². The van der Waals surface area contributed by atoms with E-state index in [9.17, 15) is 0 Å². The first kappa shape index (κ1) is 15.6. The molecule has 2 nitrogen and oxygen atoms in total. The average Bonchev–Trinajstić information content (AvgIpc) is 2.47. The molecule has 2 aromatic rings. The maximum Gasteiger partial charge on any atom is 0.133 e. The highest BCUT2D eigenvalue weighted by Gasteiger charge is 2.16. The number of anilines is 1. The van der Waals surface area contributed by atoms with Gasteiger partial charge in [-0.2, -0.15) is 0 Å². The lowest BCUT2D eigenvalue weighted by Gasteiger charge is -2.20. The van der Waals surface area contributed by atoms with Crippen molar-refractivity contribution in [2.45, 2.75) is 32.1 Å². The van der Waals surface area contributed by atoms with Gasteiger partial charge in [-0.15, -0.1) is 11.6 Å². The Balaban J connectivity index is 2.16. The number of hydrogen-bond donors (Lipinski definition) is 1. The third-order valence-corrected chi connectivity index (χ3v) is 4.98. The Hall–Kier alpha value is -0.800. The van der Waals surface area contributed by atoms with Gasteiger partial charge in [0.1, 0.15) is 5.82 Å². The molecule has 0 saturated heterocycles. The molecule has 4 heteroatoms. The minimum absolute atomic E-state index is 0.134. The van der Waals surface area contributed by atoms with Gasteiger partial charge in [0.2, 0.25) is 0 Å². The Morgan fingerprint density at radius 1 is 1.20 bits per heavy atom. The van der Waals surface area contributed by atoms with E-state index in [2.05, 4.69) is 46.1 Å². The second-order valence-electron chi connectivity index (χ2n) is 4.97. The van der Waals surface area contributed by atoms with Crippen LogP contribution in [-0.2, 0) is 0 Å². The third kappa shape index (κ3) is 3.44. The van der Waals surface area contributed by atoms with Gasteiger partial charge in [0.15, 0.2) is 0 Å². The number of alkyl halides is 1. The first-order valence-electron chi connectivity index (χ1n) is 7.08. The van der Waals surface area contributed by atoms with E-state index in [0.29, 0.717) is 5.92 Å². The fraction of sp³-hybridized carbons (Fsp3) is 0.438. The fourth-order valence-electron chi connectivity index (χ4n) is 2.47. The zero-order valence-electron chi connectivity index (χ0n) is 11.9. The standard InChI is InChI=1S/C16H20BrClN2/c1-3-11(4-2)15(18)10-20-16-13-6-5-7-14(17)12(13)8-9-19-16/h5-9,11,15H,3-4,10H2,1-2H3,(H,19,20). The predicted octanol–water partition coefficient (Wildman–Crippen LogP) is 5.45. The number of halogens is 2. The van der Waals surface area contributed by atoms with Gasteiger partial charge in [0.05, 0.1) is 5.38 Å². The number of fused-ring (bicyclic) bond motifs is 1. The Morgan fingerprint density at radius 2 is 1.95 bits per heavy atom. The van der Waals surface area contributed by atoms with E-state index in [1.807, 2.05) is 24.4 Å². The van der Waals surface area contributed by atoms with Crippen LogP contribution in [0.2, 0.25) is 0 Å². The summed E-state index contributed by atoms with van der Waals surface area (Å²) < 4.78 is 1.09. The monoisotopic (exact) mass is 354 g/mol. The lowest BCUT2D eigenvalue weighted by molar-refractivity contribution is 0.475. The molecule has 0 aliphatic rings. The number of aromatic nitrogens is 1. The molecule has 1 atom stereocenters. The van der Waals surface area contributed by atoms with Crippen molar-refractivity contribution in [2.24, 2.45) is 5.92 Å².